The van der Waals surface area contributed by atoms with Gasteiger partial charge in [-0.25, -0.2) is 4.39 Å². The van der Waals surface area contributed by atoms with Gasteiger partial charge in [-0.3, -0.25) is 9.59 Å². The molecule has 0 N–H and O–H groups in total. The van der Waals surface area contributed by atoms with Crippen molar-refractivity contribution in [3.63, 3.8) is 0 Å². The molecular formula is C22H20ClFO3. The van der Waals surface area contributed by atoms with Crippen LogP contribution < -0.4 is 0 Å². The molecule has 27 heavy (non-hydrogen) atoms. The fourth-order valence-corrected chi connectivity index (χ4v) is 3.08. The number of halogens is 2. The van der Waals surface area contributed by atoms with Crippen molar-refractivity contribution in [2.75, 3.05) is 6.61 Å². The quantitative estimate of drug-likeness (QED) is 0.207. The summed E-state index contributed by atoms with van der Waals surface area (Å²) in [5, 5.41) is 0.541. The summed E-state index contributed by atoms with van der Waals surface area (Å²) in [6.07, 6.45) is 3.10. The van der Waals surface area contributed by atoms with E-state index in [1.807, 2.05) is 12.1 Å². The highest BCUT2D eigenvalue weighted by Crippen LogP contribution is 2.34. The minimum absolute atomic E-state index is 0.0198. The number of ether oxygens (including phenoxy) is 1. The van der Waals surface area contributed by atoms with Gasteiger partial charge in [0.15, 0.2) is 11.6 Å². The van der Waals surface area contributed by atoms with Crippen molar-refractivity contribution >= 4 is 23.2 Å². The van der Waals surface area contributed by atoms with Crippen LogP contribution in [0.25, 0.3) is 0 Å². The molecule has 1 fully saturated rings. The summed E-state index contributed by atoms with van der Waals surface area (Å²) in [6.45, 7) is 2.13. The molecular weight excluding hydrogens is 367 g/mol. The molecule has 1 aliphatic carbocycles. The molecule has 3 rings (SSSR count). The molecule has 3 nitrogen and oxygen atoms in total. The minimum atomic E-state index is -0.447. The van der Waals surface area contributed by atoms with Gasteiger partial charge in [-0.15, -0.1) is 0 Å². The smallest absolute Gasteiger partial charge is 0.200 e. The van der Waals surface area contributed by atoms with Crippen LogP contribution in [0.15, 0.2) is 54.3 Å². The monoisotopic (exact) mass is 386 g/mol. The van der Waals surface area contributed by atoms with E-state index >= 15 is 0 Å². The lowest BCUT2D eigenvalue weighted by molar-refractivity contribution is -0.116. The Kier molecular flexibility index (Phi) is 6.07. The first kappa shape index (κ1) is 19.3. The second kappa shape index (κ2) is 8.49. The van der Waals surface area contributed by atoms with Crippen LogP contribution in [0.2, 0.25) is 5.02 Å². The first-order valence-electron chi connectivity index (χ1n) is 8.93. The lowest BCUT2D eigenvalue weighted by Gasteiger charge is -2.12. The van der Waals surface area contributed by atoms with Gasteiger partial charge in [0, 0.05) is 16.5 Å². The molecule has 0 unspecified atom stereocenters. The van der Waals surface area contributed by atoms with Gasteiger partial charge in [0.1, 0.15) is 11.4 Å². The SMILES string of the molecule is CCOC=C(C(=O)c1ccc(F)cc1Cc1ccccc1Cl)C(=O)C1CC1. The van der Waals surface area contributed by atoms with Crippen LogP contribution in [0, 0.1) is 11.7 Å². The number of allylic oxidation sites excluding steroid dienone is 1. The van der Waals surface area contributed by atoms with Crippen LogP contribution in [0.4, 0.5) is 4.39 Å². The Labute approximate surface area is 162 Å². The molecule has 5 heteroatoms. The molecule has 0 aromatic heterocycles. The van der Waals surface area contributed by atoms with Crippen LogP contribution in [0.1, 0.15) is 41.3 Å². The first-order valence-corrected chi connectivity index (χ1v) is 9.31. The normalized spacial score (nSPS) is 14.1. The van der Waals surface area contributed by atoms with Crippen molar-refractivity contribution in [2.24, 2.45) is 5.92 Å². The Hall–Kier alpha value is -2.46. The first-order chi connectivity index (χ1) is 13.0. The number of carbonyl (C=O) groups excluding carboxylic acids is 2. The summed E-state index contributed by atoms with van der Waals surface area (Å²) >= 11 is 6.21. The van der Waals surface area contributed by atoms with Crippen molar-refractivity contribution in [1.82, 2.24) is 0 Å². The third-order valence-electron chi connectivity index (χ3n) is 4.48. The molecule has 2 aromatic carbocycles. The van der Waals surface area contributed by atoms with E-state index in [0.29, 0.717) is 17.2 Å². The van der Waals surface area contributed by atoms with Crippen molar-refractivity contribution in [3.05, 3.63) is 81.8 Å². The van der Waals surface area contributed by atoms with Crippen LogP contribution in [-0.4, -0.2) is 18.2 Å². The Bertz CT molecular complexity index is 900. The molecule has 2 aromatic rings. The molecule has 1 aliphatic rings. The van der Waals surface area contributed by atoms with E-state index in [4.69, 9.17) is 16.3 Å². The summed E-state index contributed by atoms with van der Waals surface area (Å²) in [6, 6.07) is 11.2. The Morgan fingerprint density at radius 2 is 1.93 bits per heavy atom. The summed E-state index contributed by atoms with van der Waals surface area (Å²) < 4.78 is 19.1. The maximum Gasteiger partial charge on any atom is 0.200 e. The van der Waals surface area contributed by atoms with Gasteiger partial charge in [0.05, 0.1) is 12.9 Å². The third-order valence-corrected chi connectivity index (χ3v) is 4.85. The molecule has 0 aliphatic heterocycles. The van der Waals surface area contributed by atoms with Gasteiger partial charge in [-0.2, -0.15) is 0 Å². The summed E-state index contributed by atoms with van der Waals surface area (Å²) in [4.78, 5) is 25.7. The van der Waals surface area contributed by atoms with Gasteiger partial charge >= 0.3 is 0 Å². The lowest BCUT2D eigenvalue weighted by atomic mass is 9.92. The number of ketones is 2. The number of Topliss-reactive ketones (excluding diaryl/α,β-unsaturated/α-hetero) is 2. The van der Waals surface area contributed by atoms with Crippen LogP contribution in [-0.2, 0) is 16.0 Å². The second-order valence-electron chi connectivity index (χ2n) is 6.52. The van der Waals surface area contributed by atoms with Crippen LogP contribution in [0.3, 0.4) is 0 Å². The van der Waals surface area contributed by atoms with E-state index in [2.05, 4.69) is 0 Å². The molecule has 1 saturated carbocycles. The highest BCUT2D eigenvalue weighted by atomic mass is 35.5. The predicted molar refractivity (Wildman–Crippen MR) is 102 cm³/mol. The lowest BCUT2D eigenvalue weighted by Crippen LogP contribution is -2.17. The summed E-state index contributed by atoms with van der Waals surface area (Å²) in [5.41, 5.74) is 1.57. The van der Waals surface area contributed by atoms with E-state index in [0.717, 1.165) is 18.4 Å². The summed E-state index contributed by atoms with van der Waals surface area (Å²) in [7, 11) is 0. The maximum atomic E-state index is 13.9. The molecule has 0 saturated heterocycles. The Morgan fingerprint density at radius 3 is 2.59 bits per heavy atom. The largest absolute Gasteiger partial charge is 0.501 e. The van der Waals surface area contributed by atoms with Gasteiger partial charge in [-0.1, -0.05) is 29.8 Å². The van der Waals surface area contributed by atoms with Crippen molar-refractivity contribution in [2.45, 2.75) is 26.2 Å². The van der Waals surface area contributed by atoms with Crippen molar-refractivity contribution in [1.29, 1.82) is 0 Å². The standard InChI is InChI=1S/C22H20ClFO3/c1-2-27-13-19(21(25)14-7-8-14)22(26)18-10-9-17(24)12-16(18)11-15-5-3-4-6-20(15)23/h3-6,9-10,12-14H,2,7-8,11H2,1H3. The van der Waals surface area contributed by atoms with E-state index in [-0.39, 0.29) is 29.3 Å². The number of benzene rings is 2. The van der Waals surface area contributed by atoms with Gasteiger partial charge in [0.2, 0.25) is 0 Å². The zero-order valence-corrected chi connectivity index (χ0v) is 15.8. The second-order valence-corrected chi connectivity index (χ2v) is 6.93. The minimum Gasteiger partial charge on any atom is -0.501 e. The third kappa shape index (κ3) is 4.64. The maximum absolute atomic E-state index is 13.9. The Balaban J connectivity index is 1.98. The highest BCUT2D eigenvalue weighted by molar-refractivity contribution is 6.31. The van der Waals surface area contributed by atoms with Crippen molar-refractivity contribution < 1.29 is 18.7 Å². The van der Waals surface area contributed by atoms with Gasteiger partial charge < -0.3 is 4.74 Å². The van der Waals surface area contributed by atoms with Crippen molar-refractivity contribution in [3.8, 4) is 0 Å². The van der Waals surface area contributed by atoms with Crippen LogP contribution in [0.5, 0.6) is 0 Å². The summed E-state index contributed by atoms with van der Waals surface area (Å²) in [5.74, 6) is -1.21. The average Bonchev–Trinajstić information content (AvgIpc) is 3.49. The molecule has 0 amide bonds. The average molecular weight is 387 g/mol. The molecule has 0 heterocycles. The molecule has 0 atom stereocenters. The fraction of sp³-hybridized carbons (Fsp3) is 0.273. The Morgan fingerprint density at radius 1 is 1.19 bits per heavy atom. The number of rotatable bonds is 8. The van der Waals surface area contributed by atoms with E-state index in [9.17, 15) is 14.0 Å². The van der Waals surface area contributed by atoms with Gasteiger partial charge in [0.25, 0.3) is 0 Å². The molecule has 0 spiro atoms. The molecule has 140 valence electrons. The van der Waals surface area contributed by atoms with Crippen LogP contribution >= 0.6 is 11.6 Å². The zero-order chi connectivity index (χ0) is 19.4. The molecule has 0 radical (unpaired) electrons. The van der Waals surface area contributed by atoms with E-state index < -0.39 is 11.6 Å². The fourth-order valence-electron chi connectivity index (χ4n) is 2.88. The topological polar surface area (TPSA) is 43.4 Å². The molecule has 0 bridgehead atoms. The zero-order valence-electron chi connectivity index (χ0n) is 15.0. The number of carbonyl (C=O) groups is 2. The van der Waals surface area contributed by atoms with E-state index in [1.165, 1.54) is 24.5 Å². The number of hydrogen-bond donors (Lipinski definition) is 0. The number of hydrogen-bond acceptors (Lipinski definition) is 3. The van der Waals surface area contributed by atoms with Gasteiger partial charge in [-0.05, 0) is 61.6 Å². The highest BCUT2D eigenvalue weighted by Gasteiger charge is 2.35. The van der Waals surface area contributed by atoms with E-state index in [1.54, 1.807) is 19.1 Å². The predicted octanol–water partition coefficient (Wildman–Crippen LogP) is 5.15.